The largest absolute Gasteiger partial charge is 0.491 e. The van der Waals surface area contributed by atoms with Crippen molar-refractivity contribution in [2.24, 2.45) is 0 Å². The zero-order valence-electron chi connectivity index (χ0n) is 11.7. The number of nitrogens with zero attached hydrogens (tertiary/aromatic N) is 2. The van der Waals surface area contributed by atoms with Crippen molar-refractivity contribution in [1.29, 1.82) is 0 Å². The molecule has 0 amide bonds. The number of carbonyl (C=O) groups is 1. The Morgan fingerprint density at radius 2 is 2.38 bits per heavy atom. The molecule has 2 heterocycles. The van der Waals surface area contributed by atoms with E-state index >= 15 is 0 Å². The molecule has 0 unspecified atom stereocenters. The van der Waals surface area contributed by atoms with Crippen LogP contribution in [0.15, 0.2) is 24.3 Å². The van der Waals surface area contributed by atoms with Crippen molar-refractivity contribution in [3.05, 3.63) is 46.0 Å². The van der Waals surface area contributed by atoms with Gasteiger partial charge in [-0.25, -0.2) is 4.79 Å². The van der Waals surface area contributed by atoms with E-state index in [0.717, 1.165) is 24.3 Å². The molecule has 1 aliphatic heterocycles. The number of carboxylic acids is 1. The highest BCUT2D eigenvalue weighted by atomic mass is 32.1. The number of rotatable bonds is 3. The molecule has 0 bridgehead atoms. The molecule has 6 heteroatoms. The molecule has 1 aromatic heterocycles. The molecule has 0 saturated carbocycles. The van der Waals surface area contributed by atoms with Gasteiger partial charge in [-0.3, -0.25) is 4.90 Å². The second-order valence-corrected chi connectivity index (χ2v) is 5.98. The lowest BCUT2D eigenvalue weighted by atomic mass is 10.1. The smallest absolute Gasteiger partial charge is 0.339 e. The van der Waals surface area contributed by atoms with E-state index in [1.54, 1.807) is 12.1 Å². The molecule has 0 atom stereocenters. The number of aryl methyl sites for hydroxylation is 1. The third kappa shape index (κ3) is 3.06. The average molecular weight is 304 g/mol. The molecule has 2 aromatic rings. The zero-order valence-corrected chi connectivity index (χ0v) is 12.5. The summed E-state index contributed by atoms with van der Waals surface area (Å²) in [5.41, 5.74) is 2.20. The van der Waals surface area contributed by atoms with Crippen molar-refractivity contribution in [2.45, 2.75) is 20.0 Å². The molecule has 0 fully saturated rings. The van der Waals surface area contributed by atoms with Gasteiger partial charge in [0, 0.05) is 30.1 Å². The molecule has 110 valence electrons. The van der Waals surface area contributed by atoms with Crippen molar-refractivity contribution in [2.75, 3.05) is 13.2 Å². The van der Waals surface area contributed by atoms with Crippen LogP contribution in [0.1, 0.15) is 26.5 Å². The molecule has 1 aromatic carbocycles. The summed E-state index contributed by atoms with van der Waals surface area (Å²) in [6.45, 7) is 4.75. The van der Waals surface area contributed by atoms with Gasteiger partial charge in [-0.05, 0) is 30.6 Å². The molecule has 21 heavy (non-hydrogen) atoms. The highest BCUT2D eigenvalue weighted by Gasteiger charge is 2.21. The molecule has 0 saturated heterocycles. The Hall–Kier alpha value is -1.92. The van der Waals surface area contributed by atoms with E-state index in [4.69, 9.17) is 4.74 Å². The summed E-state index contributed by atoms with van der Waals surface area (Å²) >= 11 is 1.51. The summed E-state index contributed by atoms with van der Waals surface area (Å²) in [6, 6.07) is 7.37. The Balaban J connectivity index is 1.83. The van der Waals surface area contributed by atoms with Crippen molar-refractivity contribution in [1.82, 2.24) is 9.27 Å². The Morgan fingerprint density at radius 3 is 3.10 bits per heavy atom. The normalized spacial score (nSPS) is 15.1. The van der Waals surface area contributed by atoms with Gasteiger partial charge >= 0.3 is 5.97 Å². The number of para-hydroxylation sites is 1. The first-order valence-electron chi connectivity index (χ1n) is 6.76. The number of aromatic carboxylic acids is 1. The number of hydrogen-bond acceptors (Lipinski definition) is 5. The van der Waals surface area contributed by atoms with Crippen LogP contribution in [-0.4, -0.2) is 33.5 Å². The maximum absolute atomic E-state index is 11.3. The fraction of sp³-hybridized carbons (Fsp3) is 0.333. The fourth-order valence-electron chi connectivity index (χ4n) is 2.49. The second kappa shape index (κ2) is 5.83. The third-order valence-corrected chi connectivity index (χ3v) is 4.29. The summed E-state index contributed by atoms with van der Waals surface area (Å²) in [7, 11) is 0. The van der Waals surface area contributed by atoms with Crippen LogP contribution in [0.25, 0.3) is 0 Å². The minimum atomic E-state index is -0.946. The quantitative estimate of drug-likeness (QED) is 0.944. The number of carboxylic acid groups (broad SMARTS) is 1. The molecular formula is C15H16N2O3S. The molecule has 5 nitrogen and oxygen atoms in total. The summed E-state index contributed by atoms with van der Waals surface area (Å²) < 4.78 is 9.97. The lowest BCUT2D eigenvalue weighted by molar-refractivity contribution is 0.0692. The predicted molar refractivity (Wildman–Crippen MR) is 79.9 cm³/mol. The van der Waals surface area contributed by atoms with Crippen LogP contribution >= 0.6 is 11.5 Å². The maximum atomic E-state index is 11.3. The Morgan fingerprint density at radius 1 is 1.52 bits per heavy atom. The summed E-state index contributed by atoms with van der Waals surface area (Å²) in [4.78, 5) is 14.7. The Kier molecular flexibility index (Phi) is 3.90. The van der Waals surface area contributed by atoms with E-state index in [9.17, 15) is 9.90 Å². The van der Waals surface area contributed by atoms with Crippen LogP contribution < -0.4 is 4.74 Å². The van der Waals surface area contributed by atoms with Crippen LogP contribution in [0.4, 0.5) is 0 Å². The highest BCUT2D eigenvalue weighted by Crippen LogP contribution is 2.28. The van der Waals surface area contributed by atoms with Gasteiger partial charge in [0.25, 0.3) is 0 Å². The molecule has 1 aliphatic rings. The lowest BCUT2D eigenvalue weighted by Crippen LogP contribution is -2.24. The SMILES string of the molecule is Cc1cc(CN2CCOc3c(cccc3C(=O)O)C2)sn1. The monoisotopic (exact) mass is 304 g/mol. The predicted octanol–water partition coefficient (Wildman–Crippen LogP) is 2.54. The van der Waals surface area contributed by atoms with Gasteiger partial charge in [0.15, 0.2) is 0 Å². The number of aromatic nitrogens is 1. The third-order valence-electron chi connectivity index (χ3n) is 3.43. The highest BCUT2D eigenvalue weighted by molar-refractivity contribution is 7.05. The molecule has 0 spiro atoms. The van der Waals surface area contributed by atoms with E-state index in [1.807, 2.05) is 13.0 Å². The Bertz CT molecular complexity index is 669. The minimum Gasteiger partial charge on any atom is -0.491 e. The fourth-order valence-corrected chi connectivity index (χ4v) is 3.27. The van der Waals surface area contributed by atoms with E-state index in [2.05, 4.69) is 15.3 Å². The van der Waals surface area contributed by atoms with Crippen molar-refractivity contribution < 1.29 is 14.6 Å². The van der Waals surface area contributed by atoms with Gasteiger partial charge in [-0.1, -0.05) is 12.1 Å². The first-order chi connectivity index (χ1) is 10.1. The molecule has 3 rings (SSSR count). The summed E-state index contributed by atoms with van der Waals surface area (Å²) in [5, 5.41) is 9.24. The van der Waals surface area contributed by atoms with Crippen LogP contribution in [0.2, 0.25) is 0 Å². The van der Waals surface area contributed by atoms with E-state index in [1.165, 1.54) is 16.4 Å². The average Bonchev–Trinajstić information content (AvgIpc) is 2.73. The standard InChI is InChI=1S/C15H16N2O3S/c1-10-7-12(21-16-10)9-17-5-6-20-14-11(8-17)3-2-4-13(14)15(18)19/h2-4,7H,5-6,8-9H2,1H3,(H,18,19). The maximum Gasteiger partial charge on any atom is 0.339 e. The first kappa shape index (κ1) is 14.0. The van der Waals surface area contributed by atoms with Crippen molar-refractivity contribution >= 4 is 17.5 Å². The minimum absolute atomic E-state index is 0.239. The first-order valence-corrected chi connectivity index (χ1v) is 7.53. The van der Waals surface area contributed by atoms with E-state index < -0.39 is 5.97 Å². The van der Waals surface area contributed by atoms with Gasteiger partial charge in [0.1, 0.15) is 17.9 Å². The zero-order chi connectivity index (χ0) is 14.8. The van der Waals surface area contributed by atoms with Gasteiger partial charge in [0.05, 0.1) is 5.69 Å². The second-order valence-electron chi connectivity index (χ2n) is 5.09. The number of ether oxygens (including phenoxy) is 1. The molecular weight excluding hydrogens is 288 g/mol. The van der Waals surface area contributed by atoms with Crippen LogP contribution in [0, 0.1) is 6.92 Å². The summed E-state index contributed by atoms with van der Waals surface area (Å²) in [6.07, 6.45) is 0. The van der Waals surface area contributed by atoms with Crippen LogP contribution in [0.5, 0.6) is 5.75 Å². The van der Waals surface area contributed by atoms with Crippen molar-refractivity contribution in [3.63, 3.8) is 0 Å². The molecule has 1 N–H and O–H groups in total. The number of benzene rings is 1. The van der Waals surface area contributed by atoms with E-state index in [-0.39, 0.29) is 5.56 Å². The molecule has 0 aliphatic carbocycles. The summed E-state index contributed by atoms with van der Waals surface area (Å²) in [5.74, 6) is -0.439. The van der Waals surface area contributed by atoms with Gasteiger partial charge in [-0.2, -0.15) is 4.37 Å². The number of fused-ring (bicyclic) bond motifs is 1. The van der Waals surface area contributed by atoms with Gasteiger partial charge in [0.2, 0.25) is 0 Å². The van der Waals surface area contributed by atoms with Gasteiger partial charge < -0.3 is 9.84 Å². The van der Waals surface area contributed by atoms with Crippen molar-refractivity contribution in [3.8, 4) is 5.75 Å². The van der Waals surface area contributed by atoms with E-state index in [0.29, 0.717) is 18.9 Å². The van der Waals surface area contributed by atoms with Gasteiger partial charge in [-0.15, -0.1) is 0 Å². The topological polar surface area (TPSA) is 62.7 Å². The number of hydrogen-bond donors (Lipinski definition) is 1. The van der Waals surface area contributed by atoms with Crippen LogP contribution in [-0.2, 0) is 13.1 Å². The lowest BCUT2D eigenvalue weighted by Gasteiger charge is -2.17. The Labute approximate surface area is 127 Å². The molecule has 0 radical (unpaired) electrons. The van der Waals surface area contributed by atoms with Crippen LogP contribution in [0.3, 0.4) is 0 Å².